The molecular formula is C15H20F3NO2. The Morgan fingerprint density at radius 3 is 2.67 bits per heavy atom. The summed E-state index contributed by atoms with van der Waals surface area (Å²) < 4.78 is 44.0. The van der Waals surface area contributed by atoms with Crippen molar-refractivity contribution in [2.24, 2.45) is 11.8 Å². The van der Waals surface area contributed by atoms with Crippen molar-refractivity contribution >= 4 is 0 Å². The Morgan fingerprint density at radius 1 is 1.38 bits per heavy atom. The van der Waals surface area contributed by atoms with E-state index in [4.69, 9.17) is 4.74 Å². The van der Waals surface area contributed by atoms with Gasteiger partial charge in [0.05, 0.1) is 12.2 Å². The number of likely N-dealkylation sites (tertiary alicyclic amines) is 1. The van der Waals surface area contributed by atoms with Gasteiger partial charge in [-0.1, -0.05) is 12.1 Å². The van der Waals surface area contributed by atoms with Crippen LogP contribution in [0.15, 0.2) is 24.3 Å². The van der Waals surface area contributed by atoms with E-state index in [1.165, 1.54) is 18.2 Å². The van der Waals surface area contributed by atoms with Gasteiger partial charge in [0.1, 0.15) is 5.75 Å². The minimum Gasteiger partial charge on any atom is -0.493 e. The average Bonchev–Trinajstić information content (AvgIpc) is 2.85. The number of aliphatic hydroxyl groups excluding tert-OH is 1. The lowest BCUT2D eigenvalue weighted by molar-refractivity contribution is -0.139. The van der Waals surface area contributed by atoms with E-state index in [-0.39, 0.29) is 30.8 Å². The highest BCUT2D eigenvalue weighted by Gasteiger charge is 2.34. The maximum absolute atomic E-state index is 12.9. The first-order valence-electron chi connectivity index (χ1n) is 7.00. The number of alkyl halides is 3. The highest BCUT2D eigenvalue weighted by molar-refractivity contribution is 5.35. The van der Waals surface area contributed by atoms with E-state index in [1.54, 1.807) is 0 Å². The summed E-state index contributed by atoms with van der Waals surface area (Å²) in [6.45, 7) is 1.81. The van der Waals surface area contributed by atoms with Crippen LogP contribution in [0.4, 0.5) is 13.2 Å². The van der Waals surface area contributed by atoms with Gasteiger partial charge in [-0.3, -0.25) is 0 Å². The molecule has 0 radical (unpaired) electrons. The molecule has 2 unspecified atom stereocenters. The van der Waals surface area contributed by atoms with Gasteiger partial charge in [0.15, 0.2) is 0 Å². The summed E-state index contributed by atoms with van der Waals surface area (Å²) in [5.74, 6) is -0.0518. The molecule has 0 saturated carbocycles. The molecule has 1 aliphatic heterocycles. The summed E-state index contributed by atoms with van der Waals surface area (Å²) in [6, 6.07) is 5.18. The second-order valence-corrected chi connectivity index (χ2v) is 5.56. The molecule has 2 rings (SSSR count). The van der Waals surface area contributed by atoms with Gasteiger partial charge < -0.3 is 14.7 Å². The number of aliphatic hydroxyl groups is 1. The molecule has 3 nitrogen and oxygen atoms in total. The summed E-state index contributed by atoms with van der Waals surface area (Å²) in [6.07, 6.45) is -3.50. The Bertz CT molecular complexity index is 464. The fraction of sp³-hybridized carbons (Fsp3) is 0.600. The van der Waals surface area contributed by atoms with Crippen LogP contribution in [0.25, 0.3) is 0 Å². The van der Waals surface area contributed by atoms with Crippen molar-refractivity contribution in [3.63, 3.8) is 0 Å². The van der Waals surface area contributed by atoms with Crippen molar-refractivity contribution in [2.75, 3.05) is 33.4 Å². The van der Waals surface area contributed by atoms with Crippen LogP contribution in [0, 0.1) is 11.8 Å². The van der Waals surface area contributed by atoms with Crippen molar-refractivity contribution < 1.29 is 23.0 Å². The lowest BCUT2D eigenvalue weighted by Gasteiger charge is -2.22. The van der Waals surface area contributed by atoms with Crippen molar-refractivity contribution in [1.82, 2.24) is 4.90 Å². The second-order valence-electron chi connectivity index (χ2n) is 5.56. The van der Waals surface area contributed by atoms with E-state index in [0.29, 0.717) is 0 Å². The third-order valence-corrected chi connectivity index (χ3v) is 3.97. The molecule has 0 aromatic heterocycles. The number of hydrogen-bond donors (Lipinski definition) is 1. The van der Waals surface area contributed by atoms with Gasteiger partial charge in [0, 0.05) is 19.1 Å². The van der Waals surface area contributed by atoms with Crippen molar-refractivity contribution in [1.29, 1.82) is 0 Å². The predicted octanol–water partition coefficient (Wildman–Crippen LogP) is 2.64. The number of para-hydroxylation sites is 1. The zero-order chi connectivity index (χ0) is 15.5. The van der Waals surface area contributed by atoms with Crippen LogP contribution in [0.5, 0.6) is 5.75 Å². The van der Waals surface area contributed by atoms with Gasteiger partial charge in [-0.15, -0.1) is 0 Å². The molecule has 1 fully saturated rings. The molecule has 0 bridgehead atoms. The second kappa shape index (κ2) is 6.66. The fourth-order valence-electron chi connectivity index (χ4n) is 2.72. The third kappa shape index (κ3) is 4.11. The van der Waals surface area contributed by atoms with Crippen molar-refractivity contribution in [3.05, 3.63) is 29.8 Å². The molecule has 1 aromatic rings. The standard InChI is InChI=1S/C15H20F3NO2/c1-19-7-6-11(8-19)12(9-20)10-21-14-5-3-2-4-13(14)15(16,17)18/h2-5,11-12,20H,6-10H2,1H3. The molecule has 0 amide bonds. The zero-order valence-electron chi connectivity index (χ0n) is 11.9. The summed E-state index contributed by atoms with van der Waals surface area (Å²) in [7, 11) is 1.99. The number of ether oxygens (including phenoxy) is 1. The van der Waals surface area contributed by atoms with Crippen LogP contribution >= 0.6 is 0 Å². The molecule has 0 aliphatic carbocycles. The largest absolute Gasteiger partial charge is 0.493 e. The van der Waals surface area contributed by atoms with Crippen LogP contribution < -0.4 is 4.74 Å². The monoisotopic (exact) mass is 303 g/mol. The van der Waals surface area contributed by atoms with Crippen LogP contribution in [-0.2, 0) is 6.18 Å². The van der Waals surface area contributed by atoms with Gasteiger partial charge in [0.2, 0.25) is 0 Å². The molecular weight excluding hydrogens is 283 g/mol. The number of rotatable bonds is 5. The molecule has 118 valence electrons. The molecule has 6 heteroatoms. The number of halogens is 3. The quantitative estimate of drug-likeness (QED) is 0.908. The Hall–Kier alpha value is -1.27. The summed E-state index contributed by atoms with van der Waals surface area (Å²) in [4.78, 5) is 2.15. The summed E-state index contributed by atoms with van der Waals surface area (Å²) >= 11 is 0. The smallest absolute Gasteiger partial charge is 0.419 e. The normalized spacial score (nSPS) is 21.5. The van der Waals surface area contributed by atoms with E-state index in [0.717, 1.165) is 25.6 Å². The maximum atomic E-state index is 12.9. The average molecular weight is 303 g/mol. The molecule has 0 spiro atoms. The van der Waals surface area contributed by atoms with Gasteiger partial charge in [-0.2, -0.15) is 13.2 Å². The number of nitrogens with zero attached hydrogens (tertiary/aromatic N) is 1. The number of benzene rings is 1. The van der Waals surface area contributed by atoms with Gasteiger partial charge in [0.25, 0.3) is 0 Å². The highest BCUT2D eigenvalue weighted by atomic mass is 19.4. The third-order valence-electron chi connectivity index (χ3n) is 3.97. The topological polar surface area (TPSA) is 32.7 Å². The maximum Gasteiger partial charge on any atom is 0.419 e. The SMILES string of the molecule is CN1CCC(C(CO)COc2ccccc2C(F)(F)F)C1. The Labute approximate surface area is 122 Å². The predicted molar refractivity (Wildman–Crippen MR) is 73.1 cm³/mol. The highest BCUT2D eigenvalue weighted by Crippen LogP contribution is 2.36. The van der Waals surface area contributed by atoms with E-state index in [9.17, 15) is 18.3 Å². The minimum absolute atomic E-state index is 0.0767. The first-order valence-corrected chi connectivity index (χ1v) is 7.00. The molecule has 1 N–H and O–H groups in total. The first-order chi connectivity index (χ1) is 9.91. The Balaban J connectivity index is 2.02. The van der Waals surface area contributed by atoms with Crippen molar-refractivity contribution in [3.8, 4) is 5.75 Å². The lowest BCUT2D eigenvalue weighted by atomic mass is 9.93. The van der Waals surface area contributed by atoms with Gasteiger partial charge in [-0.25, -0.2) is 0 Å². The minimum atomic E-state index is -4.43. The van der Waals surface area contributed by atoms with Gasteiger partial charge >= 0.3 is 6.18 Å². The van der Waals surface area contributed by atoms with Crippen LogP contribution in [0.1, 0.15) is 12.0 Å². The summed E-state index contributed by atoms with van der Waals surface area (Å²) in [5, 5.41) is 9.46. The molecule has 2 atom stereocenters. The zero-order valence-corrected chi connectivity index (χ0v) is 11.9. The van der Waals surface area contributed by atoms with E-state index in [1.807, 2.05) is 7.05 Å². The van der Waals surface area contributed by atoms with Crippen molar-refractivity contribution in [2.45, 2.75) is 12.6 Å². The fourth-order valence-corrected chi connectivity index (χ4v) is 2.72. The molecule has 1 heterocycles. The first kappa shape index (κ1) is 16.1. The van der Waals surface area contributed by atoms with Gasteiger partial charge in [-0.05, 0) is 38.1 Å². The molecule has 1 saturated heterocycles. The van der Waals surface area contributed by atoms with E-state index in [2.05, 4.69) is 4.90 Å². The lowest BCUT2D eigenvalue weighted by Crippen LogP contribution is -2.27. The summed E-state index contributed by atoms with van der Waals surface area (Å²) in [5.41, 5.74) is -0.773. The van der Waals surface area contributed by atoms with E-state index >= 15 is 0 Å². The molecule has 1 aliphatic rings. The Kier molecular flexibility index (Phi) is 5.11. The van der Waals surface area contributed by atoms with E-state index < -0.39 is 11.7 Å². The molecule has 1 aromatic carbocycles. The van der Waals surface area contributed by atoms with Crippen LogP contribution in [0.3, 0.4) is 0 Å². The Morgan fingerprint density at radius 2 is 2.10 bits per heavy atom. The van der Waals surface area contributed by atoms with Crippen LogP contribution in [0.2, 0.25) is 0 Å². The number of hydrogen-bond acceptors (Lipinski definition) is 3. The molecule has 21 heavy (non-hydrogen) atoms. The van der Waals surface area contributed by atoms with Crippen LogP contribution in [-0.4, -0.2) is 43.4 Å².